The van der Waals surface area contributed by atoms with E-state index in [9.17, 15) is 0 Å². The third-order valence-corrected chi connectivity index (χ3v) is 2.58. The number of rotatable bonds is 1. The van der Waals surface area contributed by atoms with Crippen LogP contribution in [0.25, 0.3) is 0 Å². The molecule has 1 saturated carbocycles. The van der Waals surface area contributed by atoms with E-state index in [0.29, 0.717) is 11.9 Å². The molecule has 1 aromatic heterocycles. The monoisotopic (exact) mass is 178 g/mol. The van der Waals surface area contributed by atoms with Crippen molar-refractivity contribution in [2.75, 3.05) is 5.73 Å². The van der Waals surface area contributed by atoms with Crippen molar-refractivity contribution in [3.63, 3.8) is 0 Å². The van der Waals surface area contributed by atoms with E-state index in [-0.39, 0.29) is 0 Å². The molecule has 1 aliphatic carbocycles. The molecule has 1 fully saturated rings. The molecule has 2 rings (SSSR count). The second-order valence-electron chi connectivity index (χ2n) is 3.54. The molecule has 70 valence electrons. The highest BCUT2D eigenvalue weighted by molar-refractivity contribution is 5.14. The smallest absolute Gasteiger partial charge is 0.223 e. The summed E-state index contributed by atoms with van der Waals surface area (Å²) in [5, 5.41) is 0. The van der Waals surface area contributed by atoms with Gasteiger partial charge in [0.15, 0.2) is 0 Å². The molecule has 0 aliphatic heterocycles. The molecule has 0 aromatic carbocycles. The fourth-order valence-electron chi connectivity index (χ4n) is 1.88. The summed E-state index contributed by atoms with van der Waals surface area (Å²) in [6.45, 7) is 0. The molecule has 4 heteroatoms. The topological polar surface area (TPSA) is 64.7 Å². The molecular formula is C9H14N4. The van der Waals surface area contributed by atoms with Crippen molar-refractivity contribution in [1.82, 2.24) is 15.0 Å². The van der Waals surface area contributed by atoms with Gasteiger partial charge in [0.25, 0.3) is 0 Å². The van der Waals surface area contributed by atoms with Crippen molar-refractivity contribution in [1.29, 1.82) is 0 Å². The number of anilines is 1. The van der Waals surface area contributed by atoms with E-state index < -0.39 is 0 Å². The molecule has 1 heterocycles. The van der Waals surface area contributed by atoms with Crippen molar-refractivity contribution >= 4 is 5.95 Å². The number of aromatic nitrogens is 3. The summed E-state index contributed by atoms with van der Waals surface area (Å²) in [7, 11) is 0. The minimum atomic E-state index is 0.343. The summed E-state index contributed by atoms with van der Waals surface area (Å²) < 4.78 is 0. The lowest BCUT2D eigenvalue weighted by Crippen LogP contribution is -2.10. The van der Waals surface area contributed by atoms with Crippen LogP contribution in [-0.4, -0.2) is 15.0 Å². The predicted molar refractivity (Wildman–Crippen MR) is 50.1 cm³/mol. The molecule has 0 amide bonds. The Labute approximate surface area is 77.6 Å². The van der Waals surface area contributed by atoms with Crippen LogP contribution in [0.2, 0.25) is 0 Å². The molecule has 0 unspecified atom stereocenters. The Bertz CT molecular complexity index is 281. The molecule has 0 atom stereocenters. The Hall–Kier alpha value is -1.19. The quantitative estimate of drug-likeness (QED) is 0.707. The Balaban J connectivity index is 2.14. The van der Waals surface area contributed by atoms with Crippen LogP contribution in [0.3, 0.4) is 0 Å². The van der Waals surface area contributed by atoms with Gasteiger partial charge in [-0.15, -0.1) is 0 Å². The zero-order valence-corrected chi connectivity index (χ0v) is 7.61. The maximum Gasteiger partial charge on any atom is 0.223 e. The number of nitrogens with two attached hydrogens (primary N) is 1. The summed E-state index contributed by atoms with van der Waals surface area (Å²) in [5.74, 6) is 1.74. The maximum absolute atomic E-state index is 5.50. The maximum atomic E-state index is 5.50. The van der Waals surface area contributed by atoms with Gasteiger partial charge in [0.05, 0.1) is 0 Å². The van der Waals surface area contributed by atoms with Gasteiger partial charge >= 0.3 is 0 Å². The summed E-state index contributed by atoms with van der Waals surface area (Å²) in [6.07, 6.45) is 7.82. The highest BCUT2D eigenvalue weighted by atomic mass is 15.1. The Morgan fingerprint density at radius 2 is 1.92 bits per heavy atom. The van der Waals surface area contributed by atoms with E-state index in [2.05, 4.69) is 15.0 Å². The third-order valence-electron chi connectivity index (χ3n) is 2.58. The van der Waals surface area contributed by atoms with Crippen LogP contribution in [0, 0.1) is 0 Å². The Kier molecular flexibility index (Phi) is 2.38. The lowest BCUT2D eigenvalue weighted by Gasteiger charge is -2.19. The van der Waals surface area contributed by atoms with Crippen LogP contribution in [-0.2, 0) is 0 Å². The number of hydrogen-bond acceptors (Lipinski definition) is 4. The first-order valence-corrected chi connectivity index (χ1v) is 4.80. The van der Waals surface area contributed by atoms with Crippen molar-refractivity contribution in [2.24, 2.45) is 0 Å². The lowest BCUT2D eigenvalue weighted by atomic mass is 9.89. The van der Waals surface area contributed by atoms with E-state index in [1.54, 1.807) is 0 Å². The molecule has 0 radical (unpaired) electrons. The molecular weight excluding hydrogens is 164 g/mol. The van der Waals surface area contributed by atoms with Gasteiger partial charge in [0, 0.05) is 5.92 Å². The van der Waals surface area contributed by atoms with Crippen molar-refractivity contribution < 1.29 is 0 Å². The minimum absolute atomic E-state index is 0.343. The van der Waals surface area contributed by atoms with Crippen LogP contribution in [0.5, 0.6) is 0 Å². The first-order valence-electron chi connectivity index (χ1n) is 4.80. The highest BCUT2D eigenvalue weighted by Gasteiger charge is 2.17. The standard InChI is InChI=1S/C9H14N4/c10-9-12-6-11-8(13-9)7-4-2-1-3-5-7/h6-7H,1-5H2,(H2,10,11,12,13). The second-order valence-corrected chi connectivity index (χ2v) is 3.54. The third kappa shape index (κ3) is 1.94. The fraction of sp³-hybridized carbons (Fsp3) is 0.667. The first kappa shape index (κ1) is 8.41. The molecule has 4 nitrogen and oxygen atoms in total. The van der Waals surface area contributed by atoms with Gasteiger partial charge < -0.3 is 5.73 Å². The zero-order chi connectivity index (χ0) is 9.10. The Morgan fingerprint density at radius 3 is 2.62 bits per heavy atom. The van der Waals surface area contributed by atoms with E-state index in [4.69, 9.17) is 5.73 Å². The first-order chi connectivity index (χ1) is 6.36. The highest BCUT2D eigenvalue weighted by Crippen LogP contribution is 2.30. The molecule has 1 aromatic rings. The lowest BCUT2D eigenvalue weighted by molar-refractivity contribution is 0.428. The van der Waals surface area contributed by atoms with Crippen LogP contribution >= 0.6 is 0 Å². The molecule has 2 N–H and O–H groups in total. The van der Waals surface area contributed by atoms with Crippen LogP contribution in [0.15, 0.2) is 6.33 Å². The molecule has 0 spiro atoms. The molecule has 13 heavy (non-hydrogen) atoms. The van der Waals surface area contributed by atoms with Crippen LogP contribution in [0.4, 0.5) is 5.95 Å². The zero-order valence-electron chi connectivity index (χ0n) is 7.61. The second kappa shape index (κ2) is 3.68. The van der Waals surface area contributed by atoms with Gasteiger partial charge in [-0.05, 0) is 12.8 Å². The van der Waals surface area contributed by atoms with Crippen molar-refractivity contribution in [3.05, 3.63) is 12.2 Å². The summed E-state index contributed by atoms with van der Waals surface area (Å²) >= 11 is 0. The minimum Gasteiger partial charge on any atom is -0.368 e. The average molecular weight is 178 g/mol. The van der Waals surface area contributed by atoms with Gasteiger partial charge in [-0.25, -0.2) is 9.97 Å². The van der Waals surface area contributed by atoms with Gasteiger partial charge in [-0.2, -0.15) is 4.98 Å². The van der Waals surface area contributed by atoms with Crippen molar-refractivity contribution in [2.45, 2.75) is 38.0 Å². The fourth-order valence-corrected chi connectivity index (χ4v) is 1.88. The molecule has 0 saturated heterocycles. The van der Waals surface area contributed by atoms with Gasteiger partial charge in [-0.1, -0.05) is 19.3 Å². The summed E-state index contributed by atoms with van der Waals surface area (Å²) in [4.78, 5) is 12.1. The predicted octanol–water partition coefficient (Wildman–Crippen LogP) is 1.50. The van der Waals surface area contributed by atoms with Gasteiger partial charge in [-0.3, -0.25) is 0 Å². The van der Waals surface area contributed by atoms with Crippen molar-refractivity contribution in [3.8, 4) is 0 Å². The van der Waals surface area contributed by atoms with Gasteiger partial charge in [0.2, 0.25) is 5.95 Å². The van der Waals surface area contributed by atoms with E-state index in [1.165, 1.54) is 38.4 Å². The number of hydrogen-bond donors (Lipinski definition) is 1. The number of nitrogen functional groups attached to an aromatic ring is 1. The average Bonchev–Trinajstić information content (AvgIpc) is 2.19. The summed E-state index contributed by atoms with van der Waals surface area (Å²) in [5.41, 5.74) is 5.50. The van der Waals surface area contributed by atoms with Gasteiger partial charge in [0.1, 0.15) is 12.2 Å². The van der Waals surface area contributed by atoms with Crippen LogP contribution in [0.1, 0.15) is 43.8 Å². The van der Waals surface area contributed by atoms with E-state index >= 15 is 0 Å². The van der Waals surface area contributed by atoms with E-state index in [0.717, 1.165) is 5.82 Å². The normalized spacial score (nSPS) is 18.8. The van der Waals surface area contributed by atoms with E-state index in [1.807, 2.05) is 0 Å². The Morgan fingerprint density at radius 1 is 1.15 bits per heavy atom. The molecule has 1 aliphatic rings. The molecule has 0 bridgehead atoms. The summed E-state index contributed by atoms with van der Waals surface area (Å²) in [6, 6.07) is 0. The SMILES string of the molecule is Nc1ncnc(C2CCCCC2)n1. The van der Waals surface area contributed by atoms with Crippen LogP contribution < -0.4 is 5.73 Å². The largest absolute Gasteiger partial charge is 0.368 e. The number of nitrogens with zero attached hydrogens (tertiary/aromatic N) is 3.